The summed E-state index contributed by atoms with van der Waals surface area (Å²) in [6.07, 6.45) is 5.26. The summed E-state index contributed by atoms with van der Waals surface area (Å²) >= 11 is 0. The van der Waals surface area contributed by atoms with Crippen LogP contribution < -0.4 is 14.8 Å². The van der Waals surface area contributed by atoms with Crippen LogP contribution in [0.3, 0.4) is 0 Å². The molecule has 1 aliphatic carbocycles. The van der Waals surface area contributed by atoms with E-state index < -0.39 is 11.8 Å². The standard InChI is InChI=1S/C23H28N2O4/c1-13-20(16(4)26)14(2)25-21(13)22(27)15(3)24-17-8-9-18-19(12-17)29-23(28-18)10-6-5-7-11-23/h8-9,12,15,24-25H,5-7,10-11H2,1-4H3/t15-/m1/s1. The summed E-state index contributed by atoms with van der Waals surface area (Å²) in [5.74, 6) is 0.853. The molecule has 154 valence electrons. The first-order valence-corrected chi connectivity index (χ1v) is 10.3. The van der Waals surface area contributed by atoms with E-state index >= 15 is 0 Å². The van der Waals surface area contributed by atoms with Crippen LogP contribution in [0.2, 0.25) is 0 Å². The van der Waals surface area contributed by atoms with Crippen LogP contribution in [0, 0.1) is 13.8 Å². The monoisotopic (exact) mass is 396 g/mol. The number of H-pyrrole nitrogens is 1. The molecule has 1 fully saturated rings. The van der Waals surface area contributed by atoms with Gasteiger partial charge in [0.05, 0.1) is 11.7 Å². The fraction of sp³-hybridized carbons (Fsp3) is 0.478. The lowest BCUT2D eigenvalue weighted by atomic mass is 9.94. The van der Waals surface area contributed by atoms with Gasteiger partial charge in [0.15, 0.2) is 17.3 Å². The number of benzene rings is 1. The average Bonchev–Trinajstić information content (AvgIpc) is 3.17. The normalized spacial score (nSPS) is 17.9. The summed E-state index contributed by atoms with van der Waals surface area (Å²) in [5, 5.41) is 3.26. The molecule has 29 heavy (non-hydrogen) atoms. The molecule has 1 aromatic carbocycles. The molecule has 2 aliphatic rings. The van der Waals surface area contributed by atoms with Crippen LogP contribution in [0.15, 0.2) is 18.2 Å². The molecule has 2 N–H and O–H groups in total. The molecule has 2 heterocycles. The number of aromatic amines is 1. The largest absolute Gasteiger partial charge is 0.448 e. The molecule has 0 amide bonds. The zero-order valence-corrected chi connectivity index (χ0v) is 17.5. The molecular weight excluding hydrogens is 368 g/mol. The van der Waals surface area contributed by atoms with Gasteiger partial charge in [-0.15, -0.1) is 0 Å². The van der Waals surface area contributed by atoms with Gasteiger partial charge in [0.2, 0.25) is 5.78 Å². The molecule has 0 radical (unpaired) electrons. The van der Waals surface area contributed by atoms with Gasteiger partial charge in [0, 0.05) is 35.9 Å². The van der Waals surface area contributed by atoms with E-state index in [1.807, 2.05) is 39.0 Å². The second-order valence-corrected chi connectivity index (χ2v) is 8.25. The summed E-state index contributed by atoms with van der Waals surface area (Å²) in [4.78, 5) is 27.9. The molecule has 1 spiro atoms. The Kier molecular flexibility index (Phi) is 4.89. The van der Waals surface area contributed by atoms with Crippen molar-refractivity contribution in [2.45, 2.75) is 71.6 Å². The molecule has 0 bridgehead atoms. The number of rotatable bonds is 5. The Morgan fingerprint density at radius 1 is 1.10 bits per heavy atom. The minimum absolute atomic E-state index is 0.0386. The molecule has 1 atom stereocenters. The summed E-state index contributed by atoms with van der Waals surface area (Å²) in [6, 6.07) is 5.24. The van der Waals surface area contributed by atoms with Gasteiger partial charge in [-0.3, -0.25) is 9.59 Å². The van der Waals surface area contributed by atoms with Crippen molar-refractivity contribution in [2.75, 3.05) is 5.32 Å². The van der Waals surface area contributed by atoms with Crippen LogP contribution >= 0.6 is 0 Å². The van der Waals surface area contributed by atoms with Crippen molar-refractivity contribution in [1.29, 1.82) is 0 Å². The van der Waals surface area contributed by atoms with Crippen molar-refractivity contribution >= 4 is 17.3 Å². The second-order valence-electron chi connectivity index (χ2n) is 8.25. The Morgan fingerprint density at radius 3 is 2.45 bits per heavy atom. The van der Waals surface area contributed by atoms with Crippen molar-refractivity contribution in [3.63, 3.8) is 0 Å². The quantitative estimate of drug-likeness (QED) is 0.699. The van der Waals surface area contributed by atoms with Crippen molar-refractivity contribution in [3.05, 3.63) is 40.7 Å². The van der Waals surface area contributed by atoms with Crippen LogP contribution in [-0.4, -0.2) is 28.4 Å². The SMILES string of the molecule is CC(=O)c1c(C)[nH]c(C(=O)[C@@H](C)Nc2ccc3c(c2)OC2(CCCCC2)O3)c1C. The number of aromatic nitrogens is 1. The van der Waals surface area contributed by atoms with Gasteiger partial charge in [0.1, 0.15) is 0 Å². The molecular formula is C23H28N2O4. The van der Waals surface area contributed by atoms with Gasteiger partial charge in [-0.1, -0.05) is 6.42 Å². The summed E-state index contributed by atoms with van der Waals surface area (Å²) in [6.45, 7) is 6.96. The van der Waals surface area contributed by atoms with Gasteiger partial charge < -0.3 is 19.8 Å². The van der Waals surface area contributed by atoms with E-state index in [1.165, 1.54) is 13.3 Å². The van der Waals surface area contributed by atoms with Gasteiger partial charge in [-0.2, -0.15) is 0 Å². The van der Waals surface area contributed by atoms with E-state index in [-0.39, 0.29) is 11.6 Å². The number of aryl methyl sites for hydroxylation is 1. The summed E-state index contributed by atoms with van der Waals surface area (Å²) < 4.78 is 12.3. The number of carbonyl (C=O) groups is 2. The van der Waals surface area contributed by atoms with Gasteiger partial charge >= 0.3 is 0 Å². The maximum Gasteiger partial charge on any atom is 0.251 e. The van der Waals surface area contributed by atoms with Crippen molar-refractivity contribution in [3.8, 4) is 11.5 Å². The maximum absolute atomic E-state index is 13.0. The highest BCUT2D eigenvalue weighted by Crippen LogP contribution is 2.46. The minimum Gasteiger partial charge on any atom is -0.448 e. The van der Waals surface area contributed by atoms with E-state index in [0.29, 0.717) is 16.8 Å². The Balaban J connectivity index is 1.49. The topological polar surface area (TPSA) is 80.4 Å². The number of ether oxygens (including phenoxy) is 2. The Morgan fingerprint density at radius 2 is 1.79 bits per heavy atom. The molecule has 1 aromatic heterocycles. The Bertz CT molecular complexity index is 969. The predicted octanol–water partition coefficient (Wildman–Crippen LogP) is 4.95. The third kappa shape index (κ3) is 3.52. The predicted molar refractivity (Wildman–Crippen MR) is 111 cm³/mol. The second kappa shape index (κ2) is 7.25. The molecule has 6 nitrogen and oxygen atoms in total. The van der Waals surface area contributed by atoms with Crippen LogP contribution in [0.5, 0.6) is 11.5 Å². The first-order valence-electron chi connectivity index (χ1n) is 10.3. The zero-order valence-electron chi connectivity index (χ0n) is 17.5. The van der Waals surface area contributed by atoms with E-state index in [2.05, 4.69) is 10.3 Å². The van der Waals surface area contributed by atoms with E-state index in [1.54, 1.807) is 0 Å². The highest BCUT2D eigenvalue weighted by atomic mass is 16.7. The highest BCUT2D eigenvalue weighted by Gasteiger charge is 2.42. The van der Waals surface area contributed by atoms with Gasteiger partial charge in [-0.25, -0.2) is 0 Å². The number of ketones is 2. The molecule has 2 aromatic rings. The third-order valence-electron chi connectivity index (χ3n) is 5.96. The maximum atomic E-state index is 13.0. The lowest BCUT2D eigenvalue weighted by Crippen LogP contribution is -2.40. The molecule has 0 unspecified atom stereocenters. The number of Topliss-reactive ketones (excluding diaryl/α,β-unsaturated/α-hetero) is 2. The molecule has 1 aliphatic heterocycles. The molecule has 4 rings (SSSR count). The number of nitrogens with one attached hydrogen (secondary N) is 2. The highest BCUT2D eigenvalue weighted by molar-refractivity contribution is 6.05. The Labute approximate surface area is 171 Å². The molecule has 0 saturated heterocycles. The minimum atomic E-state index is -0.511. The van der Waals surface area contributed by atoms with Crippen LogP contribution in [0.4, 0.5) is 5.69 Å². The molecule has 1 saturated carbocycles. The van der Waals surface area contributed by atoms with Crippen molar-refractivity contribution in [1.82, 2.24) is 4.98 Å². The van der Waals surface area contributed by atoms with Crippen molar-refractivity contribution in [2.24, 2.45) is 0 Å². The lowest BCUT2D eigenvalue weighted by molar-refractivity contribution is -0.105. The van der Waals surface area contributed by atoms with E-state index in [4.69, 9.17) is 9.47 Å². The number of hydrogen-bond acceptors (Lipinski definition) is 5. The number of anilines is 1. The number of fused-ring (bicyclic) bond motifs is 1. The number of carbonyl (C=O) groups excluding carboxylic acids is 2. The van der Waals surface area contributed by atoms with Crippen LogP contribution in [0.25, 0.3) is 0 Å². The Hall–Kier alpha value is -2.76. The molecule has 6 heteroatoms. The third-order valence-corrected chi connectivity index (χ3v) is 5.96. The van der Waals surface area contributed by atoms with Crippen LogP contribution in [-0.2, 0) is 0 Å². The lowest BCUT2D eigenvalue weighted by Gasteiger charge is -2.31. The van der Waals surface area contributed by atoms with E-state index in [9.17, 15) is 9.59 Å². The average molecular weight is 396 g/mol. The first kappa shape index (κ1) is 19.6. The fourth-order valence-electron chi connectivity index (χ4n) is 4.53. The van der Waals surface area contributed by atoms with E-state index in [0.717, 1.165) is 48.6 Å². The van der Waals surface area contributed by atoms with Gasteiger partial charge in [0.25, 0.3) is 5.79 Å². The smallest absolute Gasteiger partial charge is 0.251 e. The van der Waals surface area contributed by atoms with Crippen LogP contribution in [0.1, 0.15) is 78.1 Å². The summed E-state index contributed by atoms with van der Waals surface area (Å²) in [7, 11) is 0. The first-order chi connectivity index (χ1) is 13.8. The number of hydrogen-bond donors (Lipinski definition) is 2. The zero-order chi connectivity index (χ0) is 20.8. The fourth-order valence-corrected chi connectivity index (χ4v) is 4.53. The van der Waals surface area contributed by atoms with Gasteiger partial charge in [-0.05, 0) is 58.2 Å². The summed E-state index contributed by atoms with van der Waals surface area (Å²) in [5.41, 5.74) is 3.31. The van der Waals surface area contributed by atoms with Crippen molar-refractivity contribution < 1.29 is 19.1 Å².